The third-order valence-electron chi connectivity index (χ3n) is 3.80. The molecule has 1 rings (SSSR count). The lowest BCUT2D eigenvalue weighted by atomic mass is 9.90. The topological polar surface area (TPSA) is 23.5 Å². The highest BCUT2D eigenvalue weighted by molar-refractivity contribution is 4.84. The van der Waals surface area contributed by atoms with Crippen LogP contribution in [0.2, 0.25) is 0 Å². The van der Waals surface area contributed by atoms with Gasteiger partial charge in [-0.1, -0.05) is 32.6 Å². The maximum atomic E-state index is 10.1. The van der Waals surface area contributed by atoms with E-state index in [0.717, 1.165) is 13.0 Å². The molecule has 0 amide bonds. The summed E-state index contributed by atoms with van der Waals surface area (Å²) < 4.78 is 0. The lowest BCUT2D eigenvalue weighted by Gasteiger charge is -2.40. The van der Waals surface area contributed by atoms with E-state index < -0.39 is 0 Å². The normalized spacial score (nSPS) is 26.6. The monoisotopic (exact) mass is 227 g/mol. The maximum Gasteiger partial charge on any atom is 0.0695 e. The average Bonchev–Trinajstić information content (AvgIpc) is 2.25. The first-order valence-corrected chi connectivity index (χ1v) is 7.10. The van der Waals surface area contributed by atoms with Gasteiger partial charge in [0.25, 0.3) is 0 Å². The van der Waals surface area contributed by atoms with Crippen molar-refractivity contribution < 1.29 is 5.11 Å². The smallest absolute Gasteiger partial charge is 0.0695 e. The van der Waals surface area contributed by atoms with Crippen LogP contribution in [-0.4, -0.2) is 34.7 Å². The number of nitrogens with zero attached hydrogens (tertiary/aromatic N) is 1. The molecule has 0 aromatic rings. The first-order valence-electron chi connectivity index (χ1n) is 7.10. The lowest BCUT2D eigenvalue weighted by Crippen LogP contribution is -2.49. The Morgan fingerprint density at radius 2 is 1.88 bits per heavy atom. The summed E-state index contributed by atoms with van der Waals surface area (Å²) in [7, 11) is 0. The quantitative estimate of drug-likeness (QED) is 0.704. The second kappa shape index (κ2) is 7.29. The highest BCUT2D eigenvalue weighted by Crippen LogP contribution is 2.25. The Morgan fingerprint density at radius 3 is 2.44 bits per heavy atom. The minimum absolute atomic E-state index is 0.0854. The number of rotatable bonds is 6. The van der Waals surface area contributed by atoms with Crippen LogP contribution in [0.3, 0.4) is 0 Å². The van der Waals surface area contributed by atoms with Crippen LogP contribution in [0.4, 0.5) is 0 Å². The average molecular weight is 227 g/mol. The van der Waals surface area contributed by atoms with Crippen LogP contribution in [-0.2, 0) is 0 Å². The van der Waals surface area contributed by atoms with Gasteiger partial charge in [0.1, 0.15) is 0 Å². The number of hydrogen-bond donors (Lipinski definition) is 1. The molecular formula is C14H29NO. The molecule has 0 heterocycles. The summed E-state index contributed by atoms with van der Waals surface area (Å²) in [4.78, 5) is 2.53. The standard InChI is InChI=1S/C14H29NO/c1-4-5-8-11-15(12(2)3)13-9-6-7-10-14(13)16/h12-14,16H,4-11H2,1-3H3/t13-,14-/m0/s1. The van der Waals surface area contributed by atoms with Crippen molar-refractivity contribution in [2.24, 2.45) is 0 Å². The lowest BCUT2D eigenvalue weighted by molar-refractivity contribution is 0.00415. The van der Waals surface area contributed by atoms with Gasteiger partial charge in [-0.3, -0.25) is 4.90 Å². The summed E-state index contributed by atoms with van der Waals surface area (Å²) in [5, 5.41) is 10.1. The molecule has 0 radical (unpaired) electrons. The molecule has 2 heteroatoms. The van der Waals surface area contributed by atoms with Crippen LogP contribution in [0.15, 0.2) is 0 Å². The van der Waals surface area contributed by atoms with Crippen LogP contribution >= 0.6 is 0 Å². The first-order chi connectivity index (χ1) is 7.66. The van der Waals surface area contributed by atoms with Gasteiger partial charge in [0.2, 0.25) is 0 Å². The molecule has 0 bridgehead atoms. The predicted octanol–water partition coefficient (Wildman–Crippen LogP) is 3.19. The van der Waals surface area contributed by atoms with E-state index in [2.05, 4.69) is 25.7 Å². The second-order valence-corrected chi connectivity index (χ2v) is 5.46. The maximum absolute atomic E-state index is 10.1. The Balaban J connectivity index is 2.47. The molecule has 0 aromatic heterocycles. The summed E-state index contributed by atoms with van der Waals surface area (Å²) in [5.74, 6) is 0. The van der Waals surface area contributed by atoms with Crippen LogP contribution in [0.1, 0.15) is 65.7 Å². The fourth-order valence-electron chi connectivity index (χ4n) is 2.83. The minimum atomic E-state index is -0.0854. The minimum Gasteiger partial charge on any atom is -0.391 e. The van der Waals surface area contributed by atoms with Gasteiger partial charge in [-0.2, -0.15) is 0 Å². The van der Waals surface area contributed by atoms with E-state index in [1.807, 2.05) is 0 Å². The molecule has 0 aromatic carbocycles. The molecular weight excluding hydrogens is 198 g/mol. The summed E-state index contributed by atoms with van der Waals surface area (Å²) in [6, 6.07) is 0.986. The first kappa shape index (κ1) is 14.0. The molecule has 1 saturated carbocycles. The fraction of sp³-hybridized carbons (Fsp3) is 1.00. The molecule has 2 nitrogen and oxygen atoms in total. The summed E-state index contributed by atoms with van der Waals surface area (Å²) in [5.41, 5.74) is 0. The van der Waals surface area contributed by atoms with E-state index >= 15 is 0 Å². The van der Waals surface area contributed by atoms with Crippen LogP contribution in [0, 0.1) is 0 Å². The van der Waals surface area contributed by atoms with Gasteiger partial charge in [0.05, 0.1) is 6.10 Å². The summed E-state index contributed by atoms with van der Waals surface area (Å²) in [6.07, 6.45) is 8.46. The third kappa shape index (κ3) is 4.06. The van der Waals surface area contributed by atoms with Gasteiger partial charge in [-0.15, -0.1) is 0 Å². The van der Waals surface area contributed by atoms with Crippen LogP contribution < -0.4 is 0 Å². The Morgan fingerprint density at radius 1 is 1.19 bits per heavy atom. The molecule has 16 heavy (non-hydrogen) atoms. The van der Waals surface area contributed by atoms with E-state index in [9.17, 15) is 5.11 Å². The molecule has 0 spiro atoms. The van der Waals surface area contributed by atoms with Crippen molar-refractivity contribution in [3.05, 3.63) is 0 Å². The molecule has 2 atom stereocenters. The number of aliphatic hydroxyl groups is 1. The zero-order valence-electron chi connectivity index (χ0n) is 11.3. The van der Waals surface area contributed by atoms with E-state index in [4.69, 9.17) is 0 Å². The van der Waals surface area contributed by atoms with Gasteiger partial charge in [0, 0.05) is 12.1 Å². The Labute approximate surface area is 101 Å². The predicted molar refractivity (Wildman–Crippen MR) is 69.6 cm³/mol. The fourth-order valence-corrected chi connectivity index (χ4v) is 2.83. The van der Waals surface area contributed by atoms with E-state index in [0.29, 0.717) is 12.1 Å². The van der Waals surface area contributed by atoms with Crippen molar-refractivity contribution >= 4 is 0 Å². The van der Waals surface area contributed by atoms with Crippen molar-refractivity contribution in [2.75, 3.05) is 6.54 Å². The van der Waals surface area contributed by atoms with Gasteiger partial charge < -0.3 is 5.11 Å². The Kier molecular flexibility index (Phi) is 6.37. The molecule has 0 unspecified atom stereocenters. The van der Waals surface area contributed by atoms with E-state index in [1.54, 1.807) is 0 Å². The molecule has 1 aliphatic carbocycles. The Hall–Kier alpha value is -0.0800. The van der Waals surface area contributed by atoms with Crippen LogP contribution in [0.5, 0.6) is 0 Å². The van der Waals surface area contributed by atoms with Gasteiger partial charge in [-0.05, 0) is 39.7 Å². The third-order valence-corrected chi connectivity index (χ3v) is 3.80. The number of hydrogen-bond acceptors (Lipinski definition) is 2. The van der Waals surface area contributed by atoms with Gasteiger partial charge in [0.15, 0.2) is 0 Å². The number of unbranched alkanes of at least 4 members (excludes halogenated alkanes) is 2. The van der Waals surface area contributed by atoms with Crippen LogP contribution in [0.25, 0.3) is 0 Å². The van der Waals surface area contributed by atoms with Crippen molar-refractivity contribution in [3.63, 3.8) is 0 Å². The zero-order valence-corrected chi connectivity index (χ0v) is 11.3. The highest BCUT2D eigenvalue weighted by atomic mass is 16.3. The largest absolute Gasteiger partial charge is 0.391 e. The van der Waals surface area contributed by atoms with E-state index in [1.165, 1.54) is 38.5 Å². The van der Waals surface area contributed by atoms with Gasteiger partial charge in [-0.25, -0.2) is 0 Å². The second-order valence-electron chi connectivity index (χ2n) is 5.46. The highest BCUT2D eigenvalue weighted by Gasteiger charge is 2.29. The molecule has 96 valence electrons. The van der Waals surface area contributed by atoms with Crippen molar-refractivity contribution in [1.82, 2.24) is 4.90 Å². The SMILES string of the molecule is CCCCCN(C(C)C)[C@H]1CCCC[C@@H]1O. The van der Waals surface area contributed by atoms with Crippen molar-refractivity contribution in [1.29, 1.82) is 0 Å². The van der Waals surface area contributed by atoms with Crippen molar-refractivity contribution in [2.45, 2.75) is 83.9 Å². The zero-order chi connectivity index (χ0) is 12.0. The summed E-state index contributed by atoms with van der Waals surface area (Å²) >= 11 is 0. The molecule has 0 aliphatic heterocycles. The molecule has 1 N–H and O–H groups in total. The number of aliphatic hydroxyl groups excluding tert-OH is 1. The molecule has 0 saturated heterocycles. The summed E-state index contributed by atoms with van der Waals surface area (Å²) in [6.45, 7) is 7.92. The van der Waals surface area contributed by atoms with Gasteiger partial charge >= 0.3 is 0 Å². The molecule has 1 aliphatic rings. The molecule has 1 fully saturated rings. The van der Waals surface area contributed by atoms with Crippen molar-refractivity contribution in [3.8, 4) is 0 Å². The van der Waals surface area contributed by atoms with E-state index in [-0.39, 0.29) is 6.10 Å². The Bertz CT molecular complexity index is 182.